The number of nitrogens with zero attached hydrogens (tertiary/aromatic N) is 2. The average Bonchev–Trinajstić information content (AvgIpc) is 2.75. The van der Waals surface area contributed by atoms with Gasteiger partial charge in [-0.25, -0.2) is 13.2 Å². The molecule has 170 valence electrons. The van der Waals surface area contributed by atoms with E-state index in [2.05, 4.69) is 15.2 Å². The number of nitro benzene ring substituents is 1. The summed E-state index contributed by atoms with van der Waals surface area (Å²) in [4.78, 5) is 21.3. The molecular formula is C20H14Cl2N4O6S. The molecule has 0 radical (unpaired) electrons. The Hall–Kier alpha value is -3.67. The van der Waals surface area contributed by atoms with Crippen molar-refractivity contribution in [3.63, 3.8) is 0 Å². The van der Waals surface area contributed by atoms with E-state index in [-0.39, 0.29) is 16.9 Å². The number of carboxylic acids is 1. The van der Waals surface area contributed by atoms with Crippen LogP contribution >= 0.6 is 23.2 Å². The molecule has 13 heteroatoms. The van der Waals surface area contributed by atoms with Crippen LogP contribution in [-0.2, 0) is 10.0 Å². The molecule has 3 aromatic rings. The van der Waals surface area contributed by atoms with Crippen LogP contribution in [0.15, 0.2) is 70.7 Å². The summed E-state index contributed by atoms with van der Waals surface area (Å²) in [5.41, 5.74) is 1.91. The van der Waals surface area contributed by atoms with E-state index >= 15 is 0 Å². The van der Waals surface area contributed by atoms with Gasteiger partial charge in [0.25, 0.3) is 15.7 Å². The molecular weight excluding hydrogens is 495 g/mol. The van der Waals surface area contributed by atoms with E-state index in [4.69, 9.17) is 23.2 Å². The van der Waals surface area contributed by atoms with Gasteiger partial charge in [-0.15, -0.1) is 0 Å². The average molecular weight is 509 g/mol. The number of sulfonamides is 1. The third kappa shape index (κ3) is 5.77. The smallest absolute Gasteiger partial charge is 0.337 e. The van der Waals surface area contributed by atoms with E-state index in [1.165, 1.54) is 36.5 Å². The van der Waals surface area contributed by atoms with Crippen molar-refractivity contribution in [1.82, 2.24) is 0 Å². The van der Waals surface area contributed by atoms with Gasteiger partial charge in [-0.2, -0.15) is 5.10 Å². The number of para-hydroxylation sites is 1. The number of non-ortho nitro benzene ring substituents is 1. The molecule has 10 nitrogen and oxygen atoms in total. The lowest BCUT2D eigenvalue weighted by Crippen LogP contribution is -2.17. The third-order valence-electron chi connectivity index (χ3n) is 4.22. The number of hydrogen-bond donors (Lipinski definition) is 3. The Kier molecular flexibility index (Phi) is 7.16. The monoisotopic (exact) mass is 508 g/mol. The van der Waals surface area contributed by atoms with Crippen LogP contribution in [-0.4, -0.2) is 30.6 Å². The first-order valence-corrected chi connectivity index (χ1v) is 11.2. The van der Waals surface area contributed by atoms with Gasteiger partial charge < -0.3 is 5.11 Å². The van der Waals surface area contributed by atoms with Crippen LogP contribution in [0.1, 0.15) is 15.9 Å². The van der Waals surface area contributed by atoms with Gasteiger partial charge in [0.2, 0.25) is 0 Å². The number of benzene rings is 3. The van der Waals surface area contributed by atoms with E-state index in [1.807, 2.05) is 0 Å². The van der Waals surface area contributed by atoms with Gasteiger partial charge in [0.05, 0.1) is 33.1 Å². The second kappa shape index (κ2) is 9.86. The van der Waals surface area contributed by atoms with Crippen molar-refractivity contribution in [3.8, 4) is 0 Å². The number of carboxylic acid groups (broad SMARTS) is 1. The molecule has 0 aliphatic carbocycles. The molecule has 0 saturated heterocycles. The van der Waals surface area contributed by atoms with Crippen molar-refractivity contribution in [2.45, 2.75) is 4.90 Å². The van der Waals surface area contributed by atoms with Gasteiger partial charge in [0.15, 0.2) is 0 Å². The van der Waals surface area contributed by atoms with E-state index in [1.54, 1.807) is 12.1 Å². The zero-order valence-corrected chi connectivity index (χ0v) is 18.7. The Morgan fingerprint density at radius 2 is 1.79 bits per heavy atom. The molecule has 0 fully saturated rings. The Morgan fingerprint density at radius 1 is 1.06 bits per heavy atom. The van der Waals surface area contributed by atoms with Crippen molar-refractivity contribution < 1.29 is 23.2 Å². The molecule has 0 atom stereocenters. The summed E-state index contributed by atoms with van der Waals surface area (Å²) >= 11 is 11.9. The molecule has 0 bridgehead atoms. The van der Waals surface area contributed by atoms with Crippen LogP contribution < -0.4 is 10.1 Å². The number of halogens is 2. The fraction of sp³-hybridized carbons (Fsp3) is 0. The highest BCUT2D eigenvalue weighted by molar-refractivity contribution is 7.93. The first kappa shape index (κ1) is 24.0. The minimum Gasteiger partial charge on any atom is -0.478 e. The fourth-order valence-electron chi connectivity index (χ4n) is 2.68. The van der Waals surface area contributed by atoms with Crippen molar-refractivity contribution in [1.29, 1.82) is 0 Å². The molecule has 0 aliphatic rings. The largest absolute Gasteiger partial charge is 0.478 e. The third-order valence-corrected chi connectivity index (χ3v) is 6.19. The van der Waals surface area contributed by atoms with Crippen LogP contribution in [0.2, 0.25) is 10.0 Å². The number of anilines is 2. The van der Waals surface area contributed by atoms with Crippen LogP contribution in [0.25, 0.3) is 0 Å². The summed E-state index contributed by atoms with van der Waals surface area (Å²) in [7, 11) is -4.46. The molecule has 0 aromatic heterocycles. The summed E-state index contributed by atoms with van der Waals surface area (Å²) in [5, 5.41) is 25.2. The molecule has 3 aromatic carbocycles. The van der Waals surface area contributed by atoms with Gasteiger partial charge in [-0.05, 0) is 30.3 Å². The van der Waals surface area contributed by atoms with Gasteiger partial charge in [0.1, 0.15) is 4.90 Å². The standard InChI is InChI=1S/C20H14Cl2N4O6S/c21-13-6-5-12(16(22)9-13)11-23-24-18-8-7-14(26(29)30)10-19(18)33(31,32)25-17-4-2-1-3-15(17)20(27)28/h1-11,24-25H,(H,27,28)/b23-11-. The predicted octanol–water partition coefficient (Wildman–Crippen LogP) is 4.85. The van der Waals surface area contributed by atoms with Crippen LogP contribution in [0.4, 0.5) is 17.1 Å². The highest BCUT2D eigenvalue weighted by atomic mass is 35.5. The molecule has 0 heterocycles. The van der Waals surface area contributed by atoms with Gasteiger partial charge in [0, 0.05) is 22.7 Å². The van der Waals surface area contributed by atoms with Crippen molar-refractivity contribution in [2.24, 2.45) is 5.10 Å². The summed E-state index contributed by atoms with van der Waals surface area (Å²) < 4.78 is 28.2. The summed E-state index contributed by atoms with van der Waals surface area (Å²) in [6, 6.07) is 13.1. The Balaban J connectivity index is 1.99. The van der Waals surface area contributed by atoms with Gasteiger partial charge >= 0.3 is 5.97 Å². The lowest BCUT2D eigenvalue weighted by molar-refractivity contribution is -0.385. The van der Waals surface area contributed by atoms with Gasteiger partial charge in [-0.1, -0.05) is 41.4 Å². The lowest BCUT2D eigenvalue weighted by atomic mass is 10.2. The van der Waals surface area contributed by atoms with Crippen LogP contribution in [0.3, 0.4) is 0 Å². The van der Waals surface area contributed by atoms with Crippen LogP contribution in [0, 0.1) is 10.1 Å². The minimum absolute atomic E-state index is 0.0951. The first-order chi connectivity index (χ1) is 15.6. The molecule has 0 spiro atoms. The van der Waals surface area contributed by atoms with E-state index in [0.29, 0.717) is 15.6 Å². The predicted molar refractivity (Wildman–Crippen MR) is 125 cm³/mol. The van der Waals surface area contributed by atoms with E-state index < -0.39 is 31.5 Å². The lowest BCUT2D eigenvalue weighted by Gasteiger charge is -2.13. The SMILES string of the molecule is O=C(O)c1ccccc1NS(=O)(=O)c1cc([N+](=O)[O-])ccc1N/N=C\c1ccc(Cl)cc1Cl. The van der Waals surface area contributed by atoms with Gasteiger partial charge in [-0.3, -0.25) is 20.3 Å². The maximum Gasteiger partial charge on any atom is 0.337 e. The van der Waals surface area contributed by atoms with E-state index in [9.17, 15) is 28.4 Å². The zero-order valence-electron chi connectivity index (χ0n) is 16.4. The Bertz CT molecular complexity index is 1380. The highest BCUT2D eigenvalue weighted by Gasteiger charge is 2.24. The number of hydrazone groups is 1. The molecule has 0 aliphatic heterocycles. The Labute approximate surface area is 197 Å². The summed E-state index contributed by atoms with van der Waals surface area (Å²) in [6.45, 7) is 0. The molecule has 0 amide bonds. The van der Waals surface area contributed by atoms with Crippen molar-refractivity contribution in [3.05, 3.63) is 92.0 Å². The molecule has 3 N–H and O–H groups in total. The number of aromatic carboxylic acids is 1. The topological polar surface area (TPSA) is 151 Å². The number of carbonyl (C=O) groups is 1. The second-order valence-electron chi connectivity index (χ2n) is 6.43. The Morgan fingerprint density at radius 3 is 2.45 bits per heavy atom. The zero-order chi connectivity index (χ0) is 24.2. The number of nitrogens with one attached hydrogen (secondary N) is 2. The summed E-state index contributed by atoms with van der Waals surface area (Å²) in [6.07, 6.45) is 1.31. The minimum atomic E-state index is -4.46. The molecule has 0 unspecified atom stereocenters. The highest BCUT2D eigenvalue weighted by Crippen LogP contribution is 2.29. The number of hydrogen-bond acceptors (Lipinski definition) is 7. The maximum absolute atomic E-state index is 13.0. The number of rotatable bonds is 8. The van der Waals surface area contributed by atoms with Crippen molar-refractivity contribution >= 4 is 62.5 Å². The number of nitro groups is 1. The second-order valence-corrected chi connectivity index (χ2v) is 8.92. The molecule has 33 heavy (non-hydrogen) atoms. The fourth-order valence-corrected chi connectivity index (χ4v) is 4.39. The maximum atomic E-state index is 13.0. The van der Waals surface area contributed by atoms with E-state index in [0.717, 1.165) is 18.2 Å². The molecule has 3 rings (SSSR count). The van der Waals surface area contributed by atoms with Crippen molar-refractivity contribution in [2.75, 3.05) is 10.1 Å². The van der Waals surface area contributed by atoms with Crippen LogP contribution in [0.5, 0.6) is 0 Å². The summed E-state index contributed by atoms with van der Waals surface area (Å²) in [5.74, 6) is -1.35. The normalized spacial score (nSPS) is 11.3. The first-order valence-electron chi connectivity index (χ1n) is 8.96. The quantitative estimate of drug-likeness (QED) is 0.223. The molecule has 0 saturated carbocycles.